The SMILES string of the molecule is CC(C)CC(O)C(=O)N1CCc2nc(-c3ccc(Cl)cc3)[nH]c2C1. The molecule has 0 fully saturated rings. The molecular weight excluding hydrogens is 326 g/mol. The number of aromatic nitrogens is 2. The molecule has 2 N–H and O–H groups in total. The minimum Gasteiger partial charge on any atom is -0.383 e. The highest BCUT2D eigenvalue weighted by Crippen LogP contribution is 2.24. The summed E-state index contributed by atoms with van der Waals surface area (Å²) in [6, 6.07) is 7.50. The van der Waals surface area contributed by atoms with E-state index in [2.05, 4.69) is 9.97 Å². The third kappa shape index (κ3) is 3.62. The molecule has 0 saturated carbocycles. The first kappa shape index (κ1) is 17.0. The van der Waals surface area contributed by atoms with Crippen molar-refractivity contribution < 1.29 is 9.90 Å². The van der Waals surface area contributed by atoms with Gasteiger partial charge in [0.1, 0.15) is 11.9 Å². The highest BCUT2D eigenvalue weighted by Gasteiger charge is 2.28. The van der Waals surface area contributed by atoms with Gasteiger partial charge in [0.15, 0.2) is 0 Å². The third-order valence-electron chi connectivity index (χ3n) is 4.24. The predicted molar refractivity (Wildman–Crippen MR) is 93.6 cm³/mol. The van der Waals surface area contributed by atoms with E-state index in [9.17, 15) is 9.90 Å². The summed E-state index contributed by atoms with van der Waals surface area (Å²) in [5.74, 6) is 0.874. The number of carbonyl (C=O) groups excluding carboxylic acids is 1. The Labute approximate surface area is 146 Å². The average molecular weight is 348 g/mol. The van der Waals surface area contributed by atoms with Gasteiger partial charge in [-0.2, -0.15) is 0 Å². The van der Waals surface area contributed by atoms with Crippen LogP contribution in [0.25, 0.3) is 11.4 Å². The molecule has 1 aromatic carbocycles. The normalized spacial score (nSPS) is 15.5. The molecule has 6 heteroatoms. The van der Waals surface area contributed by atoms with Crippen molar-refractivity contribution in [3.63, 3.8) is 0 Å². The van der Waals surface area contributed by atoms with Gasteiger partial charge in [0.2, 0.25) is 0 Å². The van der Waals surface area contributed by atoms with Crippen molar-refractivity contribution in [1.82, 2.24) is 14.9 Å². The van der Waals surface area contributed by atoms with Crippen LogP contribution < -0.4 is 0 Å². The lowest BCUT2D eigenvalue weighted by atomic mass is 10.0. The van der Waals surface area contributed by atoms with E-state index >= 15 is 0 Å². The second-order valence-corrected chi connectivity index (χ2v) is 7.11. The van der Waals surface area contributed by atoms with Gasteiger partial charge in [-0.05, 0) is 36.6 Å². The number of rotatable bonds is 4. The number of hydrogen-bond acceptors (Lipinski definition) is 3. The lowest BCUT2D eigenvalue weighted by Gasteiger charge is -2.28. The number of aliphatic hydroxyl groups excluding tert-OH is 1. The summed E-state index contributed by atoms with van der Waals surface area (Å²) >= 11 is 5.92. The lowest BCUT2D eigenvalue weighted by molar-refractivity contribution is -0.142. The summed E-state index contributed by atoms with van der Waals surface area (Å²) in [7, 11) is 0. The number of carbonyl (C=O) groups is 1. The first-order valence-corrected chi connectivity index (χ1v) is 8.62. The molecule has 0 spiro atoms. The van der Waals surface area contributed by atoms with E-state index in [4.69, 9.17) is 11.6 Å². The summed E-state index contributed by atoms with van der Waals surface area (Å²) in [6.45, 7) is 5.05. The van der Waals surface area contributed by atoms with Gasteiger partial charge in [0.25, 0.3) is 5.91 Å². The Morgan fingerprint density at radius 1 is 1.38 bits per heavy atom. The van der Waals surface area contributed by atoms with Crippen molar-refractivity contribution in [2.75, 3.05) is 6.54 Å². The van der Waals surface area contributed by atoms with Crippen LogP contribution in [0.5, 0.6) is 0 Å². The Hall–Kier alpha value is -1.85. The van der Waals surface area contributed by atoms with Gasteiger partial charge >= 0.3 is 0 Å². The van der Waals surface area contributed by atoms with E-state index < -0.39 is 6.10 Å². The third-order valence-corrected chi connectivity index (χ3v) is 4.49. The van der Waals surface area contributed by atoms with E-state index in [0.717, 1.165) is 22.8 Å². The van der Waals surface area contributed by atoms with Gasteiger partial charge in [-0.3, -0.25) is 4.79 Å². The van der Waals surface area contributed by atoms with Crippen LogP contribution in [0.15, 0.2) is 24.3 Å². The van der Waals surface area contributed by atoms with E-state index in [1.54, 1.807) is 4.90 Å². The number of amides is 1. The molecule has 128 valence electrons. The van der Waals surface area contributed by atoms with Crippen molar-refractivity contribution in [3.8, 4) is 11.4 Å². The van der Waals surface area contributed by atoms with Crippen LogP contribution in [0.2, 0.25) is 5.02 Å². The van der Waals surface area contributed by atoms with Crippen LogP contribution in [0, 0.1) is 5.92 Å². The Morgan fingerprint density at radius 3 is 2.75 bits per heavy atom. The first-order valence-electron chi connectivity index (χ1n) is 8.24. The number of aromatic amines is 1. The topological polar surface area (TPSA) is 69.2 Å². The first-order chi connectivity index (χ1) is 11.4. The average Bonchev–Trinajstić information content (AvgIpc) is 2.97. The zero-order valence-corrected chi connectivity index (χ0v) is 14.7. The quantitative estimate of drug-likeness (QED) is 0.893. The molecule has 1 unspecified atom stereocenters. The van der Waals surface area contributed by atoms with Crippen molar-refractivity contribution in [2.24, 2.45) is 5.92 Å². The maximum absolute atomic E-state index is 12.4. The summed E-state index contributed by atoms with van der Waals surface area (Å²) in [6.07, 6.45) is 0.256. The largest absolute Gasteiger partial charge is 0.383 e. The molecule has 1 aliphatic heterocycles. The smallest absolute Gasteiger partial charge is 0.251 e. The van der Waals surface area contributed by atoms with Gasteiger partial charge < -0.3 is 15.0 Å². The molecule has 1 aliphatic rings. The Morgan fingerprint density at radius 2 is 2.08 bits per heavy atom. The van der Waals surface area contributed by atoms with Crippen molar-refractivity contribution in [3.05, 3.63) is 40.7 Å². The standard InChI is InChI=1S/C18H22ClN3O2/c1-11(2)9-16(23)18(24)22-8-7-14-15(10-22)21-17(20-14)12-3-5-13(19)6-4-12/h3-6,11,16,23H,7-10H2,1-2H3,(H,20,21). The number of hydrogen-bond donors (Lipinski definition) is 2. The van der Waals surface area contributed by atoms with Crippen LogP contribution in [-0.2, 0) is 17.8 Å². The number of fused-ring (bicyclic) bond motifs is 1. The molecule has 1 atom stereocenters. The summed E-state index contributed by atoms with van der Waals surface area (Å²) in [5.41, 5.74) is 2.89. The molecule has 2 heterocycles. The summed E-state index contributed by atoms with van der Waals surface area (Å²) < 4.78 is 0. The van der Waals surface area contributed by atoms with Gasteiger partial charge in [0.05, 0.1) is 17.9 Å². The monoisotopic (exact) mass is 347 g/mol. The Bertz CT molecular complexity index is 724. The van der Waals surface area contributed by atoms with Crippen molar-refractivity contribution in [2.45, 2.75) is 39.3 Å². The van der Waals surface area contributed by atoms with E-state index in [1.165, 1.54) is 0 Å². The number of imidazole rings is 1. The van der Waals surface area contributed by atoms with Gasteiger partial charge in [0, 0.05) is 23.6 Å². The summed E-state index contributed by atoms with van der Waals surface area (Å²) in [5, 5.41) is 10.8. The molecule has 1 amide bonds. The number of halogens is 1. The van der Waals surface area contributed by atoms with Crippen LogP contribution >= 0.6 is 11.6 Å². The maximum Gasteiger partial charge on any atom is 0.251 e. The molecule has 0 aliphatic carbocycles. The van der Waals surface area contributed by atoms with Gasteiger partial charge in [-0.1, -0.05) is 25.4 Å². The number of nitrogens with one attached hydrogen (secondary N) is 1. The molecular formula is C18H22ClN3O2. The summed E-state index contributed by atoms with van der Waals surface area (Å²) in [4.78, 5) is 22.0. The van der Waals surface area contributed by atoms with Crippen LogP contribution in [-0.4, -0.2) is 38.5 Å². The van der Waals surface area contributed by atoms with Gasteiger partial charge in [-0.15, -0.1) is 0 Å². The van der Waals surface area contributed by atoms with Crippen LogP contribution in [0.4, 0.5) is 0 Å². The minimum atomic E-state index is -0.926. The Balaban J connectivity index is 1.74. The fourth-order valence-electron chi connectivity index (χ4n) is 2.98. The number of aliphatic hydroxyl groups is 1. The highest BCUT2D eigenvalue weighted by molar-refractivity contribution is 6.30. The predicted octanol–water partition coefficient (Wildman–Crippen LogP) is 3.02. The van der Waals surface area contributed by atoms with Gasteiger partial charge in [-0.25, -0.2) is 4.98 Å². The molecule has 5 nitrogen and oxygen atoms in total. The van der Waals surface area contributed by atoms with Crippen LogP contribution in [0.3, 0.4) is 0 Å². The van der Waals surface area contributed by atoms with Crippen LogP contribution in [0.1, 0.15) is 31.7 Å². The van der Waals surface area contributed by atoms with E-state index in [1.807, 2.05) is 38.1 Å². The molecule has 1 aromatic heterocycles. The fourth-order valence-corrected chi connectivity index (χ4v) is 3.11. The molecule has 3 rings (SSSR count). The second kappa shape index (κ2) is 6.95. The fraction of sp³-hybridized carbons (Fsp3) is 0.444. The number of benzene rings is 1. The van der Waals surface area contributed by atoms with E-state index in [-0.39, 0.29) is 11.8 Å². The molecule has 24 heavy (non-hydrogen) atoms. The molecule has 2 aromatic rings. The molecule has 0 radical (unpaired) electrons. The minimum absolute atomic E-state index is 0.197. The van der Waals surface area contributed by atoms with Crippen molar-refractivity contribution in [1.29, 1.82) is 0 Å². The zero-order chi connectivity index (χ0) is 17.3. The van der Waals surface area contributed by atoms with Crippen molar-refractivity contribution >= 4 is 17.5 Å². The lowest BCUT2D eigenvalue weighted by Crippen LogP contribution is -2.42. The maximum atomic E-state index is 12.4. The number of H-pyrrole nitrogens is 1. The zero-order valence-electron chi connectivity index (χ0n) is 13.9. The second-order valence-electron chi connectivity index (χ2n) is 6.67. The van der Waals surface area contributed by atoms with E-state index in [0.29, 0.717) is 31.0 Å². The molecule has 0 bridgehead atoms. The Kier molecular flexibility index (Phi) is 4.92. The molecule has 0 saturated heterocycles. The number of nitrogens with zero attached hydrogens (tertiary/aromatic N) is 2. The highest BCUT2D eigenvalue weighted by atomic mass is 35.5.